The fraction of sp³-hybridized carbons (Fsp3) is 0.435. The quantitative estimate of drug-likeness (QED) is 0.336. The van der Waals surface area contributed by atoms with E-state index in [-0.39, 0.29) is 0 Å². The average molecular weight is 484 g/mol. The van der Waals surface area contributed by atoms with Gasteiger partial charge in [-0.2, -0.15) is 0 Å². The molecule has 0 aliphatic carbocycles. The van der Waals surface area contributed by atoms with Crippen LogP contribution in [0, 0.1) is 5.41 Å². The van der Waals surface area contributed by atoms with Gasteiger partial charge in [0.05, 0.1) is 22.7 Å². The lowest BCUT2D eigenvalue weighted by molar-refractivity contribution is 0.291. The number of ether oxygens (including phenoxy) is 1. The largest absolute Gasteiger partial charge is 0.492 e. The van der Waals surface area contributed by atoms with Crippen molar-refractivity contribution in [2.45, 2.75) is 39.8 Å². The molecule has 0 radical (unpaired) electrons. The van der Waals surface area contributed by atoms with Gasteiger partial charge >= 0.3 is 0 Å². The minimum absolute atomic E-state index is 0.487. The summed E-state index contributed by atoms with van der Waals surface area (Å²) in [5, 5.41) is 10.5. The normalized spacial score (nSPS) is 11.5. The third-order valence-corrected chi connectivity index (χ3v) is 6.22. The van der Waals surface area contributed by atoms with Crippen LogP contribution in [0.4, 0.5) is 0 Å². The number of hydrogen-bond acceptors (Lipinski definition) is 3. The minimum Gasteiger partial charge on any atom is -0.492 e. The van der Waals surface area contributed by atoms with E-state index in [1.54, 1.807) is 18.2 Å². The van der Waals surface area contributed by atoms with Crippen LogP contribution in [0.3, 0.4) is 0 Å². The van der Waals surface area contributed by atoms with Gasteiger partial charge in [-0.25, -0.2) is 0 Å². The zero-order valence-electron chi connectivity index (χ0n) is 18.0. The highest BCUT2D eigenvalue weighted by Crippen LogP contribution is 2.27. The number of rotatable bonds is 11. The monoisotopic (exact) mass is 482 g/mol. The lowest BCUT2D eigenvalue weighted by atomic mass is 10.3. The van der Waals surface area contributed by atoms with E-state index in [4.69, 9.17) is 44.9 Å². The van der Waals surface area contributed by atoms with E-state index < -0.39 is 0 Å². The molecule has 0 bridgehead atoms. The first-order valence-electron chi connectivity index (χ1n) is 10.7. The molecule has 1 aromatic heterocycles. The van der Waals surface area contributed by atoms with Crippen molar-refractivity contribution in [1.82, 2.24) is 14.0 Å². The molecule has 0 unspecified atom stereocenters. The molecule has 1 N–H and O–H groups in total. The Morgan fingerprint density at radius 3 is 2.23 bits per heavy atom. The van der Waals surface area contributed by atoms with Crippen LogP contribution in [0.15, 0.2) is 36.4 Å². The van der Waals surface area contributed by atoms with E-state index in [1.807, 2.05) is 22.8 Å². The zero-order chi connectivity index (χ0) is 22.4. The summed E-state index contributed by atoms with van der Waals surface area (Å²) in [6.07, 6.45) is 1.73. The van der Waals surface area contributed by atoms with Crippen LogP contribution in [0.25, 0.3) is 11.0 Å². The van der Waals surface area contributed by atoms with Crippen LogP contribution in [0.1, 0.15) is 26.7 Å². The third kappa shape index (κ3) is 5.98. The molecule has 31 heavy (non-hydrogen) atoms. The Morgan fingerprint density at radius 2 is 1.52 bits per heavy atom. The number of nitrogens with zero attached hydrogens (tertiary/aromatic N) is 3. The van der Waals surface area contributed by atoms with Crippen molar-refractivity contribution in [3.63, 3.8) is 0 Å². The highest BCUT2D eigenvalue weighted by molar-refractivity contribution is 6.35. The van der Waals surface area contributed by atoms with Crippen LogP contribution in [-0.4, -0.2) is 40.3 Å². The van der Waals surface area contributed by atoms with Crippen molar-refractivity contribution in [2.24, 2.45) is 0 Å². The van der Waals surface area contributed by atoms with Gasteiger partial charge in [0.2, 0.25) is 5.62 Å². The SMILES string of the molecule is CCN(CC)CCCn1c(=N)n(CCCOc2ccc(Cl)cc2Cl)c2cc(Cl)ccc21. The van der Waals surface area contributed by atoms with Gasteiger partial charge in [0.1, 0.15) is 5.75 Å². The van der Waals surface area contributed by atoms with Gasteiger partial charge in [-0.05, 0) is 68.9 Å². The van der Waals surface area contributed by atoms with Crippen LogP contribution < -0.4 is 10.4 Å². The molecular formula is C23H29Cl3N4O. The molecule has 0 saturated carbocycles. The maximum absolute atomic E-state index is 8.77. The number of benzene rings is 2. The number of hydrogen-bond donors (Lipinski definition) is 1. The maximum Gasteiger partial charge on any atom is 0.202 e. The molecule has 0 atom stereocenters. The molecule has 8 heteroatoms. The summed E-state index contributed by atoms with van der Waals surface area (Å²) >= 11 is 18.4. The van der Waals surface area contributed by atoms with Crippen molar-refractivity contribution in [1.29, 1.82) is 5.41 Å². The molecule has 5 nitrogen and oxygen atoms in total. The van der Waals surface area contributed by atoms with Crippen molar-refractivity contribution >= 4 is 45.8 Å². The first-order valence-corrected chi connectivity index (χ1v) is 11.8. The second-order valence-corrected chi connectivity index (χ2v) is 8.70. The van der Waals surface area contributed by atoms with E-state index in [0.29, 0.717) is 39.6 Å². The Kier molecular flexibility index (Phi) is 8.73. The number of imidazole rings is 1. The summed E-state index contributed by atoms with van der Waals surface area (Å²) in [6, 6.07) is 11.0. The highest BCUT2D eigenvalue weighted by atomic mass is 35.5. The lowest BCUT2D eigenvalue weighted by Gasteiger charge is -2.17. The molecule has 3 rings (SSSR count). The van der Waals surface area contributed by atoms with Gasteiger partial charge in [0.15, 0.2) is 0 Å². The number of aryl methyl sites for hydroxylation is 2. The Hall–Kier alpha value is -1.66. The van der Waals surface area contributed by atoms with Crippen LogP contribution in [0.5, 0.6) is 5.75 Å². The molecule has 3 aromatic rings. The predicted octanol–water partition coefficient (Wildman–Crippen LogP) is 6.08. The highest BCUT2D eigenvalue weighted by Gasteiger charge is 2.12. The number of nitrogens with one attached hydrogen (secondary N) is 1. The van der Waals surface area contributed by atoms with Crippen molar-refractivity contribution < 1.29 is 4.74 Å². The smallest absolute Gasteiger partial charge is 0.202 e. The summed E-state index contributed by atoms with van der Waals surface area (Å²) in [4.78, 5) is 2.40. The molecule has 0 spiro atoms. The Balaban J connectivity index is 1.71. The summed E-state index contributed by atoms with van der Waals surface area (Å²) in [5.41, 5.74) is 2.50. The second kappa shape index (κ2) is 11.3. The van der Waals surface area contributed by atoms with Gasteiger partial charge in [-0.15, -0.1) is 0 Å². The van der Waals surface area contributed by atoms with Gasteiger partial charge < -0.3 is 18.8 Å². The third-order valence-electron chi connectivity index (χ3n) is 5.46. The number of fused-ring (bicyclic) bond motifs is 1. The molecule has 0 aliphatic rings. The summed E-state index contributed by atoms with van der Waals surface area (Å²) in [5.74, 6) is 0.615. The first kappa shape index (κ1) is 24.0. The topological polar surface area (TPSA) is 46.2 Å². The standard InChI is InChI=1S/C23H29Cl3N4O/c1-3-28(4-2)11-5-12-29-20-9-7-18(25)16-21(20)30(23(29)27)13-6-14-31-22-10-8-17(24)15-19(22)26/h7-10,15-16,27H,3-6,11-14H2,1-2H3. The molecule has 2 aromatic carbocycles. The zero-order valence-corrected chi connectivity index (χ0v) is 20.3. The van der Waals surface area contributed by atoms with E-state index in [1.165, 1.54) is 0 Å². The maximum atomic E-state index is 8.77. The molecule has 0 saturated heterocycles. The fourth-order valence-electron chi connectivity index (χ4n) is 3.76. The van der Waals surface area contributed by atoms with Crippen molar-refractivity contribution in [3.8, 4) is 5.75 Å². The predicted molar refractivity (Wildman–Crippen MR) is 130 cm³/mol. The van der Waals surface area contributed by atoms with E-state index in [0.717, 1.165) is 50.1 Å². The Bertz CT molecular complexity index is 1070. The van der Waals surface area contributed by atoms with Crippen LogP contribution >= 0.6 is 34.8 Å². The average Bonchev–Trinajstić information content (AvgIpc) is 3.00. The van der Waals surface area contributed by atoms with Crippen LogP contribution in [-0.2, 0) is 13.1 Å². The molecular weight excluding hydrogens is 455 g/mol. The first-order chi connectivity index (χ1) is 14.9. The van der Waals surface area contributed by atoms with Gasteiger partial charge in [0, 0.05) is 23.1 Å². The van der Waals surface area contributed by atoms with Crippen molar-refractivity contribution in [2.75, 3.05) is 26.2 Å². The molecule has 1 heterocycles. The van der Waals surface area contributed by atoms with Gasteiger partial charge in [-0.1, -0.05) is 48.7 Å². The van der Waals surface area contributed by atoms with E-state index in [2.05, 4.69) is 23.3 Å². The second-order valence-electron chi connectivity index (χ2n) is 7.42. The number of aromatic nitrogens is 2. The summed E-state index contributed by atoms with van der Waals surface area (Å²) in [6.45, 7) is 9.42. The number of halogens is 3. The van der Waals surface area contributed by atoms with Crippen molar-refractivity contribution in [3.05, 3.63) is 57.1 Å². The van der Waals surface area contributed by atoms with Crippen LogP contribution in [0.2, 0.25) is 15.1 Å². The van der Waals surface area contributed by atoms with E-state index in [9.17, 15) is 0 Å². The minimum atomic E-state index is 0.487. The molecule has 0 aliphatic heterocycles. The summed E-state index contributed by atoms with van der Waals surface area (Å²) in [7, 11) is 0. The molecule has 0 fully saturated rings. The van der Waals surface area contributed by atoms with Gasteiger partial charge in [0.25, 0.3) is 0 Å². The molecule has 0 amide bonds. The summed E-state index contributed by atoms with van der Waals surface area (Å²) < 4.78 is 9.89. The van der Waals surface area contributed by atoms with Gasteiger partial charge in [-0.3, -0.25) is 5.41 Å². The fourth-order valence-corrected chi connectivity index (χ4v) is 4.39. The Morgan fingerprint density at radius 1 is 0.871 bits per heavy atom. The Labute approximate surface area is 198 Å². The lowest BCUT2D eigenvalue weighted by Crippen LogP contribution is -2.28. The van der Waals surface area contributed by atoms with E-state index >= 15 is 0 Å². The molecule has 168 valence electrons.